The molecule has 0 bridgehead atoms. The van der Waals surface area contributed by atoms with E-state index < -0.39 is 17.8 Å². The molecule has 4 rings (SSSR count). The second kappa shape index (κ2) is 7.06. The van der Waals surface area contributed by atoms with Crippen molar-refractivity contribution in [1.82, 2.24) is 10.3 Å². The molecule has 1 fully saturated rings. The lowest BCUT2D eigenvalue weighted by atomic mass is 9.98. The Balaban J connectivity index is 1.77. The molecular weight excluding hydrogens is 370 g/mol. The number of pyridine rings is 1. The first-order valence-corrected chi connectivity index (χ1v) is 9.80. The van der Waals surface area contributed by atoms with Crippen molar-refractivity contribution in [3.63, 3.8) is 0 Å². The van der Waals surface area contributed by atoms with Crippen LogP contribution < -0.4 is 10.2 Å². The van der Waals surface area contributed by atoms with Gasteiger partial charge in [-0.3, -0.25) is 0 Å². The third kappa shape index (κ3) is 3.77. The van der Waals surface area contributed by atoms with Crippen LogP contribution in [0.3, 0.4) is 0 Å². The zero-order valence-electron chi connectivity index (χ0n) is 17.1. The number of rotatable bonds is 1. The molecule has 3 heterocycles. The number of ether oxygens (including phenoxy) is 2. The zero-order chi connectivity index (χ0) is 20.8. The summed E-state index contributed by atoms with van der Waals surface area (Å²) in [4.78, 5) is 30.7. The fourth-order valence-corrected chi connectivity index (χ4v) is 3.77. The van der Waals surface area contributed by atoms with Gasteiger partial charge in [-0.1, -0.05) is 12.1 Å². The first kappa shape index (κ1) is 19.2. The molecule has 0 aliphatic carbocycles. The molecule has 1 N–H and O–H groups in total. The number of hydrogen-bond donors (Lipinski definition) is 1. The van der Waals surface area contributed by atoms with E-state index in [0.29, 0.717) is 5.82 Å². The van der Waals surface area contributed by atoms with Crippen LogP contribution in [0.5, 0.6) is 0 Å². The first-order valence-electron chi connectivity index (χ1n) is 9.80. The summed E-state index contributed by atoms with van der Waals surface area (Å²) >= 11 is 0. The maximum Gasteiger partial charge on any atom is 0.420 e. The highest BCUT2D eigenvalue weighted by Crippen LogP contribution is 2.38. The number of amides is 2. The van der Waals surface area contributed by atoms with E-state index in [0.717, 1.165) is 35.2 Å². The molecule has 0 saturated carbocycles. The summed E-state index contributed by atoms with van der Waals surface area (Å²) in [5.41, 5.74) is 2.99. The summed E-state index contributed by atoms with van der Waals surface area (Å²) in [6.07, 6.45) is 1.94. The van der Waals surface area contributed by atoms with Gasteiger partial charge >= 0.3 is 12.2 Å². The van der Waals surface area contributed by atoms with Crippen LogP contribution in [-0.2, 0) is 22.3 Å². The van der Waals surface area contributed by atoms with Gasteiger partial charge in [-0.05, 0) is 75.4 Å². The van der Waals surface area contributed by atoms with Gasteiger partial charge in [0.25, 0.3) is 0 Å². The van der Waals surface area contributed by atoms with Crippen molar-refractivity contribution in [1.29, 1.82) is 0 Å². The highest BCUT2D eigenvalue weighted by atomic mass is 16.6. The molecule has 2 aromatic rings. The number of cyclic esters (lactones) is 1. The number of fused-ring (bicyclic) bond motifs is 2. The smallest absolute Gasteiger partial charge is 0.420 e. The van der Waals surface area contributed by atoms with Gasteiger partial charge in [-0.2, -0.15) is 0 Å². The number of nitrogens with one attached hydrogen (secondary N) is 1. The molecular formula is C22H25N3O4. The summed E-state index contributed by atoms with van der Waals surface area (Å²) in [5, 5.41) is 2.77. The summed E-state index contributed by atoms with van der Waals surface area (Å²) < 4.78 is 11.1. The lowest BCUT2D eigenvalue weighted by Crippen LogP contribution is -2.34. The molecule has 7 nitrogen and oxygen atoms in total. The van der Waals surface area contributed by atoms with Crippen LogP contribution >= 0.6 is 0 Å². The maximum absolute atomic E-state index is 13.1. The Morgan fingerprint density at radius 2 is 2.00 bits per heavy atom. The zero-order valence-corrected chi connectivity index (χ0v) is 17.1. The molecule has 0 spiro atoms. The number of carbonyl (C=O) groups is 2. The van der Waals surface area contributed by atoms with E-state index in [9.17, 15) is 9.59 Å². The predicted molar refractivity (Wildman–Crippen MR) is 108 cm³/mol. The summed E-state index contributed by atoms with van der Waals surface area (Å²) in [5.74, 6) is 0.593. The molecule has 1 aromatic carbocycles. The number of nitrogens with zero attached hydrogens (tertiary/aromatic N) is 2. The van der Waals surface area contributed by atoms with E-state index in [-0.39, 0.29) is 12.1 Å². The first-order chi connectivity index (χ1) is 13.7. The van der Waals surface area contributed by atoms with Crippen molar-refractivity contribution in [2.24, 2.45) is 0 Å². The molecule has 2 unspecified atom stereocenters. The van der Waals surface area contributed by atoms with Crippen LogP contribution in [-0.4, -0.2) is 28.8 Å². The minimum absolute atomic E-state index is 0.118. The Hall–Kier alpha value is -3.09. The lowest BCUT2D eigenvalue weighted by molar-refractivity contribution is 0.0598. The fourth-order valence-electron chi connectivity index (χ4n) is 3.77. The highest BCUT2D eigenvalue weighted by Gasteiger charge is 2.34. The Bertz CT molecular complexity index is 967. The molecule has 1 saturated heterocycles. The fraction of sp³-hybridized carbons (Fsp3) is 0.409. The third-order valence-electron chi connectivity index (χ3n) is 5.03. The molecule has 29 heavy (non-hydrogen) atoms. The van der Waals surface area contributed by atoms with Crippen LogP contribution in [0, 0.1) is 0 Å². The number of alkyl carbamates (subject to hydrolysis) is 1. The molecule has 1 aromatic heterocycles. The molecule has 152 valence electrons. The molecule has 2 aliphatic heterocycles. The largest absolute Gasteiger partial charge is 0.443 e. The van der Waals surface area contributed by atoms with Gasteiger partial charge in [-0.25, -0.2) is 19.5 Å². The average molecular weight is 395 g/mol. The van der Waals surface area contributed by atoms with E-state index in [4.69, 9.17) is 9.47 Å². The maximum atomic E-state index is 13.1. The Kier molecular flexibility index (Phi) is 4.68. The second-order valence-electron chi connectivity index (χ2n) is 8.45. The van der Waals surface area contributed by atoms with Gasteiger partial charge in [0.1, 0.15) is 17.5 Å². The normalized spacial score (nSPS) is 20.8. The molecule has 7 heteroatoms. The average Bonchev–Trinajstić information content (AvgIpc) is 2.89. The predicted octanol–water partition coefficient (Wildman–Crippen LogP) is 4.42. The molecule has 2 atom stereocenters. The number of anilines is 2. The van der Waals surface area contributed by atoms with Gasteiger partial charge in [-0.15, -0.1) is 0 Å². The van der Waals surface area contributed by atoms with Crippen molar-refractivity contribution in [2.75, 3.05) is 4.90 Å². The van der Waals surface area contributed by atoms with E-state index in [1.54, 1.807) is 11.1 Å². The number of hydrogen-bond acceptors (Lipinski definition) is 5. The Morgan fingerprint density at radius 3 is 2.69 bits per heavy atom. The van der Waals surface area contributed by atoms with Crippen LogP contribution in [0.4, 0.5) is 21.1 Å². The second-order valence-corrected chi connectivity index (χ2v) is 8.45. The van der Waals surface area contributed by atoms with Crippen LogP contribution in [0.1, 0.15) is 50.5 Å². The Labute approximate surface area is 170 Å². The summed E-state index contributed by atoms with van der Waals surface area (Å²) in [7, 11) is 0. The highest BCUT2D eigenvalue weighted by molar-refractivity contribution is 5.97. The number of carbonyl (C=O) groups excluding carboxylic acids is 2. The Morgan fingerprint density at radius 1 is 1.24 bits per heavy atom. The van der Waals surface area contributed by atoms with Crippen molar-refractivity contribution in [2.45, 2.75) is 58.3 Å². The van der Waals surface area contributed by atoms with Gasteiger partial charge in [0.05, 0.1) is 11.7 Å². The standard InChI is InChI=1S/C22H25N3O4/c1-13-18(28-20(26)24-13)16-9-10-17-15(12-16)8-7-14-6-5-11-23-19(14)25(17)21(27)29-22(2,3)4/h5-6,9-13,18H,7-8H2,1-4H3,(H,24,26). The number of benzene rings is 1. The van der Waals surface area contributed by atoms with Crippen molar-refractivity contribution in [3.8, 4) is 0 Å². The van der Waals surface area contributed by atoms with Gasteiger partial charge in [0.2, 0.25) is 0 Å². The monoisotopic (exact) mass is 395 g/mol. The van der Waals surface area contributed by atoms with Crippen LogP contribution in [0.15, 0.2) is 36.5 Å². The number of aryl methyl sites for hydroxylation is 2. The summed E-state index contributed by atoms with van der Waals surface area (Å²) in [6, 6.07) is 9.53. The molecule has 2 aliphatic rings. The minimum atomic E-state index is -0.627. The molecule has 0 radical (unpaired) electrons. The molecule has 2 amide bonds. The van der Waals surface area contributed by atoms with E-state index in [2.05, 4.69) is 10.3 Å². The number of aromatic nitrogens is 1. The SMILES string of the molecule is CC1NC(=O)OC1c1ccc2c(c1)CCc1cccnc1N2C(=O)OC(C)(C)C. The van der Waals surface area contributed by atoms with E-state index >= 15 is 0 Å². The van der Waals surface area contributed by atoms with Gasteiger partial charge in [0, 0.05) is 6.20 Å². The lowest BCUT2D eigenvalue weighted by Gasteiger charge is -2.28. The van der Waals surface area contributed by atoms with Crippen molar-refractivity contribution in [3.05, 3.63) is 53.2 Å². The van der Waals surface area contributed by atoms with Gasteiger partial charge in [0.15, 0.2) is 0 Å². The summed E-state index contributed by atoms with van der Waals surface area (Å²) in [6.45, 7) is 7.44. The quantitative estimate of drug-likeness (QED) is 0.773. The van der Waals surface area contributed by atoms with Crippen molar-refractivity contribution < 1.29 is 19.1 Å². The van der Waals surface area contributed by atoms with E-state index in [1.807, 2.05) is 58.0 Å². The third-order valence-corrected chi connectivity index (χ3v) is 5.03. The minimum Gasteiger partial charge on any atom is -0.443 e. The topological polar surface area (TPSA) is 80.8 Å². The van der Waals surface area contributed by atoms with Gasteiger partial charge < -0.3 is 14.8 Å². The van der Waals surface area contributed by atoms with Crippen LogP contribution in [0.2, 0.25) is 0 Å². The van der Waals surface area contributed by atoms with Crippen molar-refractivity contribution >= 4 is 23.7 Å². The van der Waals surface area contributed by atoms with E-state index in [1.165, 1.54) is 0 Å². The van der Waals surface area contributed by atoms with Crippen LogP contribution in [0.25, 0.3) is 0 Å².